The number of rotatable bonds is 10. The van der Waals surface area contributed by atoms with Gasteiger partial charge in [0.05, 0.1) is 0 Å². The summed E-state index contributed by atoms with van der Waals surface area (Å²) in [5, 5.41) is 0. The molecule has 0 unspecified atom stereocenters. The first-order chi connectivity index (χ1) is 7.41. The molecule has 1 nitrogen and oxygen atoms in total. The summed E-state index contributed by atoms with van der Waals surface area (Å²) in [4.78, 5) is 0. The first kappa shape index (κ1) is 14.4. The van der Waals surface area contributed by atoms with Crippen molar-refractivity contribution < 1.29 is 4.74 Å². The third-order valence-electron chi connectivity index (χ3n) is 2.31. The van der Waals surface area contributed by atoms with E-state index in [1.807, 2.05) is 0 Å². The smallest absolute Gasteiger partial charge is 0.0462 e. The Labute approximate surface area is 95.2 Å². The molecule has 0 amide bonds. The zero-order chi connectivity index (χ0) is 11.2. The van der Waals surface area contributed by atoms with Crippen LogP contribution < -0.4 is 0 Å². The Hall–Kier alpha value is -0.560. The van der Waals surface area contributed by atoms with Crippen LogP contribution in [0.4, 0.5) is 0 Å². The topological polar surface area (TPSA) is 9.23 Å². The van der Waals surface area contributed by atoms with Crippen LogP contribution in [0.15, 0.2) is 24.3 Å². The van der Waals surface area contributed by atoms with Crippen LogP contribution in [0.5, 0.6) is 0 Å². The lowest BCUT2D eigenvalue weighted by atomic mass is 10.1. The van der Waals surface area contributed by atoms with E-state index < -0.39 is 0 Å². The fourth-order valence-electron chi connectivity index (χ4n) is 1.38. The molecule has 0 aromatic rings. The molecule has 0 radical (unpaired) electrons. The molecule has 0 aliphatic rings. The summed E-state index contributed by atoms with van der Waals surface area (Å²) in [5.74, 6) is 0. The van der Waals surface area contributed by atoms with Crippen LogP contribution in [0.1, 0.15) is 51.9 Å². The molecule has 88 valence electrons. The van der Waals surface area contributed by atoms with Crippen molar-refractivity contribution in [2.45, 2.75) is 51.9 Å². The summed E-state index contributed by atoms with van der Waals surface area (Å²) in [5.41, 5.74) is 0. The van der Waals surface area contributed by atoms with Crippen molar-refractivity contribution in [1.82, 2.24) is 0 Å². The molecule has 0 aliphatic carbocycles. The SMILES string of the molecule is CCCC=CC=CCCCCCCOC. The van der Waals surface area contributed by atoms with Crippen LogP contribution in [-0.4, -0.2) is 13.7 Å². The number of methoxy groups -OCH3 is 1. The highest BCUT2D eigenvalue weighted by atomic mass is 16.5. The minimum atomic E-state index is 0.912. The van der Waals surface area contributed by atoms with E-state index >= 15 is 0 Å². The number of hydrogen-bond donors (Lipinski definition) is 0. The molecule has 0 saturated carbocycles. The fourth-order valence-corrected chi connectivity index (χ4v) is 1.38. The lowest BCUT2D eigenvalue weighted by molar-refractivity contribution is 0.192. The molecular formula is C14H26O. The highest BCUT2D eigenvalue weighted by Crippen LogP contribution is 2.03. The van der Waals surface area contributed by atoms with Gasteiger partial charge < -0.3 is 4.74 Å². The first-order valence-electron chi connectivity index (χ1n) is 6.22. The van der Waals surface area contributed by atoms with Crippen molar-refractivity contribution in [3.05, 3.63) is 24.3 Å². The average molecular weight is 210 g/mol. The summed E-state index contributed by atoms with van der Waals surface area (Å²) in [6, 6.07) is 0. The summed E-state index contributed by atoms with van der Waals surface area (Å²) < 4.78 is 5.00. The molecule has 0 aliphatic heterocycles. The van der Waals surface area contributed by atoms with Crippen LogP contribution in [0.25, 0.3) is 0 Å². The Bertz CT molecular complexity index is 159. The van der Waals surface area contributed by atoms with Crippen molar-refractivity contribution in [3.63, 3.8) is 0 Å². The molecule has 0 heterocycles. The Morgan fingerprint density at radius 3 is 2.20 bits per heavy atom. The van der Waals surface area contributed by atoms with E-state index in [1.165, 1.54) is 44.9 Å². The Morgan fingerprint density at radius 1 is 0.867 bits per heavy atom. The van der Waals surface area contributed by atoms with Gasteiger partial charge in [0.1, 0.15) is 0 Å². The number of allylic oxidation sites excluding steroid dienone is 4. The Morgan fingerprint density at radius 2 is 1.53 bits per heavy atom. The summed E-state index contributed by atoms with van der Waals surface area (Å²) in [7, 11) is 1.77. The van der Waals surface area contributed by atoms with Gasteiger partial charge in [0, 0.05) is 13.7 Å². The van der Waals surface area contributed by atoms with E-state index in [0.29, 0.717) is 0 Å². The maximum atomic E-state index is 5.00. The molecule has 1 heteroatoms. The molecule has 0 aromatic carbocycles. The molecule has 0 aromatic heterocycles. The van der Waals surface area contributed by atoms with Crippen LogP contribution in [-0.2, 0) is 4.74 Å². The van der Waals surface area contributed by atoms with Crippen molar-refractivity contribution >= 4 is 0 Å². The van der Waals surface area contributed by atoms with Gasteiger partial charge in [-0.2, -0.15) is 0 Å². The third-order valence-corrected chi connectivity index (χ3v) is 2.31. The van der Waals surface area contributed by atoms with Gasteiger partial charge in [-0.25, -0.2) is 0 Å². The van der Waals surface area contributed by atoms with Crippen LogP contribution >= 0.6 is 0 Å². The van der Waals surface area contributed by atoms with Gasteiger partial charge in [0.15, 0.2) is 0 Å². The molecule has 0 saturated heterocycles. The second-order valence-electron chi connectivity index (χ2n) is 3.84. The predicted molar refractivity (Wildman–Crippen MR) is 68.1 cm³/mol. The molecule has 15 heavy (non-hydrogen) atoms. The highest BCUT2D eigenvalue weighted by molar-refractivity contribution is 5.02. The molecular weight excluding hydrogens is 184 g/mol. The van der Waals surface area contributed by atoms with E-state index in [2.05, 4.69) is 31.2 Å². The third kappa shape index (κ3) is 13.4. The zero-order valence-corrected chi connectivity index (χ0v) is 10.4. The number of hydrogen-bond acceptors (Lipinski definition) is 1. The number of ether oxygens (including phenoxy) is 1. The minimum absolute atomic E-state index is 0.912. The van der Waals surface area contributed by atoms with E-state index in [0.717, 1.165) is 6.61 Å². The fraction of sp³-hybridized carbons (Fsp3) is 0.714. The van der Waals surface area contributed by atoms with E-state index in [9.17, 15) is 0 Å². The van der Waals surface area contributed by atoms with E-state index in [4.69, 9.17) is 4.74 Å². The van der Waals surface area contributed by atoms with E-state index in [1.54, 1.807) is 7.11 Å². The van der Waals surface area contributed by atoms with Crippen LogP contribution in [0.3, 0.4) is 0 Å². The van der Waals surface area contributed by atoms with Gasteiger partial charge in [-0.15, -0.1) is 0 Å². The maximum Gasteiger partial charge on any atom is 0.0462 e. The van der Waals surface area contributed by atoms with Gasteiger partial charge >= 0.3 is 0 Å². The normalized spacial score (nSPS) is 11.9. The highest BCUT2D eigenvalue weighted by Gasteiger charge is 1.87. The zero-order valence-electron chi connectivity index (χ0n) is 10.4. The summed E-state index contributed by atoms with van der Waals surface area (Å²) in [6.07, 6.45) is 17.6. The van der Waals surface area contributed by atoms with Crippen molar-refractivity contribution in [2.75, 3.05) is 13.7 Å². The lowest BCUT2D eigenvalue weighted by Crippen LogP contribution is -1.87. The molecule has 0 N–H and O–H groups in total. The molecule has 0 bridgehead atoms. The Kier molecular flexibility index (Phi) is 12.9. The molecule has 0 rings (SSSR count). The van der Waals surface area contributed by atoms with Crippen molar-refractivity contribution in [1.29, 1.82) is 0 Å². The second kappa shape index (κ2) is 13.4. The van der Waals surface area contributed by atoms with Crippen molar-refractivity contribution in [2.24, 2.45) is 0 Å². The molecule has 0 spiro atoms. The number of unbranched alkanes of at least 4 members (excludes halogenated alkanes) is 5. The largest absolute Gasteiger partial charge is 0.385 e. The van der Waals surface area contributed by atoms with Crippen molar-refractivity contribution in [3.8, 4) is 0 Å². The van der Waals surface area contributed by atoms with Crippen LogP contribution in [0, 0.1) is 0 Å². The van der Waals surface area contributed by atoms with Gasteiger partial charge in [-0.1, -0.05) is 50.5 Å². The van der Waals surface area contributed by atoms with Gasteiger partial charge in [0.2, 0.25) is 0 Å². The van der Waals surface area contributed by atoms with Gasteiger partial charge in [-0.05, 0) is 25.7 Å². The second-order valence-corrected chi connectivity index (χ2v) is 3.84. The van der Waals surface area contributed by atoms with E-state index in [-0.39, 0.29) is 0 Å². The Balaban J connectivity index is 3.09. The van der Waals surface area contributed by atoms with Gasteiger partial charge in [0.25, 0.3) is 0 Å². The molecule has 0 fully saturated rings. The quantitative estimate of drug-likeness (QED) is 0.381. The predicted octanol–water partition coefficient (Wildman–Crippen LogP) is 4.50. The van der Waals surface area contributed by atoms with Crippen LogP contribution in [0.2, 0.25) is 0 Å². The average Bonchev–Trinajstić information content (AvgIpc) is 2.26. The monoisotopic (exact) mass is 210 g/mol. The first-order valence-corrected chi connectivity index (χ1v) is 6.22. The summed E-state index contributed by atoms with van der Waals surface area (Å²) in [6.45, 7) is 3.11. The lowest BCUT2D eigenvalue weighted by Gasteiger charge is -1.97. The molecule has 0 atom stereocenters. The summed E-state index contributed by atoms with van der Waals surface area (Å²) >= 11 is 0. The standard InChI is InChI=1S/C14H26O/c1-3-4-5-6-7-8-9-10-11-12-13-14-15-2/h5-8H,3-4,9-14H2,1-2H3. The minimum Gasteiger partial charge on any atom is -0.385 e. The maximum absolute atomic E-state index is 5.00. The van der Waals surface area contributed by atoms with Gasteiger partial charge in [-0.3, -0.25) is 0 Å².